The van der Waals surface area contributed by atoms with Gasteiger partial charge in [0.1, 0.15) is 11.5 Å². The molecule has 25 heavy (non-hydrogen) atoms. The van der Waals surface area contributed by atoms with Crippen molar-refractivity contribution in [2.45, 2.75) is 19.8 Å². The van der Waals surface area contributed by atoms with E-state index in [1.165, 1.54) is 0 Å². The molecular weight excluding hydrogens is 322 g/mol. The number of nitrogens with one attached hydrogen (secondary N) is 1. The molecule has 0 aromatic heterocycles. The van der Waals surface area contributed by atoms with Crippen molar-refractivity contribution in [3.8, 4) is 11.5 Å². The van der Waals surface area contributed by atoms with E-state index >= 15 is 0 Å². The maximum atomic E-state index is 12.2. The smallest absolute Gasteiger partial charge is 0.341 e. The molecule has 2 aromatic rings. The minimum absolute atomic E-state index is 0.237. The number of rotatable bonds is 9. The van der Waals surface area contributed by atoms with Crippen LogP contribution in [-0.4, -0.2) is 30.2 Å². The minimum Gasteiger partial charge on any atom is -0.494 e. The van der Waals surface area contributed by atoms with Gasteiger partial charge in [-0.05, 0) is 55.0 Å². The number of anilines is 1. The lowest BCUT2D eigenvalue weighted by Crippen LogP contribution is -2.12. The first-order chi connectivity index (χ1) is 12.1. The number of carbonyl (C=O) groups excluding carboxylic acids is 1. The highest BCUT2D eigenvalue weighted by molar-refractivity contribution is 6.04. The molecule has 0 atom stereocenters. The number of unbranched alkanes of at least 4 members (excludes halogenated alkanes) is 1. The van der Waals surface area contributed by atoms with E-state index in [4.69, 9.17) is 14.6 Å². The van der Waals surface area contributed by atoms with Crippen LogP contribution in [0.3, 0.4) is 0 Å². The van der Waals surface area contributed by atoms with Crippen molar-refractivity contribution in [1.82, 2.24) is 0 Å². The van der Waals surface area contributed by atoms with Crippen molar-refractivity contribution in [3.63, 3.8) is 0 Å². The van der Waals surface area contributed by atoms with E-state index in [1.54, 1.807) is 48.5 Å². The van der Waals surface area contributed by atoms with Crippen molar-refractivity contribution in [1.29, 1.82) is 0 Å². The molecule has 132 valence electrons. The highest BCUT2D eigenvalue weighted by Crippen LogP contribution is 2.18. The fraction of sp³-hybridized carbons (Fsp3) is 0.263. The molecule has 0 aliphatic carbocycles. The summed E-state index contributed by atoms with van der Waals surface area (Å²) in [5.41, 5.74) is 1.12. The number of hydrogen-bond acceptors (Lipinski definition) is 4. The van der Waals surface area contributed by atoms with E-state index in [-0.39, 0.29) is 5.91 Å². The number of hydrogen-bond donors (Lipinski definition) is 2. The van der Waals surface area contributed by atoms with E-state index in [2.05, 4.69) is 12.2 Å². The number of aliphatic carboxylic acids is 1. The lowest BCUT2D eigenvalue weighted by atomic mass is 10.2. The lowest BCUT2D eigenvalue weighted by molar-refractivity contribution is -0.139. The topological polar surface area (TPSA) is 84.9 Å². The SMILES string of the molecule is CCCCOc1ccc(C(=O)Nc2ccc(OCC(=O)O)cc2)cc1. The van der Waals surface area contributed by atoms with Gasteiger partial charge in [0, 0.05) is 11.3 Å². The Bertz CT molecular complexity index is 695. The zero-order chi connectivity index (χ0) is 18.1. The van der Waals surface area contributed by atoms with Crippen LogP contribution in [0.4, 0.5) is 5.69 Å². The number of benzene rings is 2. The first-order valence-corrected chi connectivity index (χ1v) is 8.07. The van der Waals surface area contributed by atoms with Crippen molar-refractivity contribution in [3.05, 3.63) is 54.1 Å². The average molecular weight is 343 g/mol. The Morgan fingerprint density at radius 1 is 0.960 bits per heavy atom. The van der Waals surface area contributed by atoms with Crippen LogP contribution in [0, 0.1) is 0 Å². The van der Waals surface area contributed by atoms with Crippen molar-refractivity contribution < 1.29 is 24.2 Å². The van der Waals surface area contributed by atoms with Gasteiger partial charge >= 0.3 is 5.97 Å². The fourth-order valence-corrected chi connectivity index (χ4v) is 2.02. The van der Waals surface area contributed by atoms with Crippen LogP contribution < -0.4 is 14.8 Å². The van der Waals surface area contributed by atoms with Gasteiger partial charge in [0.15, 0.2) is 6.61 Å². The molecular formula is C19H21NO5. The fourth-order valence-electron chi connectivity index (χ4n) is 2.02. The van der Waals surface area contributed by atoms with E-state index < -0.39 is 12.6 Å². The molecule has 0 radical (unpaired) electrons. The van der Waals surface area contributed by atoms with Crippen LogP contribution in [0.5, 0.6) is 11.5 Å². The van der Waals surface area contributed by atoms with Crippen molar-refractivity contribution in [2.75, 3.05) is 18.5 Å². The number of carbonyl (C=O) groups is 2. The molecule has 0 fully saturated rings. The third-order valence-corrected chi connectivity index (χ3v) is 3.36. The van der Waals surface area contributed by atoms with Gasteiger partial charge in [0.05, 0.1) is 6.61 Å². The molecule has 2 aromatic carbocycles. The Hall–Kier alpha value is -3.02. The van der Waals surface area contributed by atoms with Crippen molar-refractivity contribution in [2.24, 2.45) is 0 Å². The Morgan fingerprint density at radius 3 is 2.16 bits per heavy atom. The zero-order valence-electron chi connectivity index (χ0n) is 14.0. The molecule has 0 unspecified atom stereocenters. The number of carboxylic acids is 1. The predicted molar refractivity (Wildman–Crippen MR) is 94.4 cm³/mol. The number of carboxylic acid groups (broad SMARTS) is 1. The summed E-state index contributed by atoms with van der Waals surface area (Å²) in [6.45, 7) is 2.36. The molecule has 0 heterocycles. The normalized spacial score (nSPS) is 10.1. The van der Waals surface area contributed by atoms with E-state index in [0.717, 1.165) is 18.6 Å². The van der Waals surface area contributed by atoms with Gasteiger partial charge in [-0.25, -0.2) is 4.79 Å². The number of amides is 1. The van der Waals surface area contributed by atoms with Gasteiger partial charge in [-0.1, -0.05) is 13.3 Å². The highest BCUT2D eigenvalue weighted by Gasteiger charge is 2.07. The molecule has 2 rings (SSSR count). The van der Waals surface area contributed by atoms with Gasteiger partial charge in [-0.2, -0.15) is 0 Å². The molecule has 6 nitrogen and oxygen atoms in total. The summed E-state index contributed by atoms with van der Waals surface area (Å²) in [7, 11) is 0. The van der Waals surface area contributed by atoms with Gasteiger partial charge in [-0.3, -0.25) is 4.79 Å². The largest absolute Gasteiger partial charge is 0.494 e. The molecule has 0 aliphatic rings. The molecule has 2 N–H and O–H groups in total. The zero-order valence-corrected chi connectivity index (χ0v) is 14.0. The van der Waals surface area contributed by atoms with Gasteiger partial charge in [0.25, 0.3) is 5.91 Å². The second kappa shape index (κ2) is 9.32. The first-order valence-electron chi connectivity index (χ1n) is 8.07. The average Bonchev–Trinajstić information content (AvgIpc) is 2.62. The molecule has 0 aliphatic heterocycles. The van der Waals surface area contributed by atoms with E-state index in [0.29, 0.717) is 23.6 Å². The summed E-state index contributed by atoms with van der Waals surface area (Å²) in [6, 6.07) is 13.5. The van der Waals surface area contributed by atoms with Crippen LogP contribution in [0.2, 0.25) is 0 Å². The highest BCUT2D eigenvalue weighted by atomic mass is 16.5. The standard InChI is InChI=1S/C19H21NO5/c1-2-3-12-24-16-8-4-14(5-9-16)19(23)20-15-6-10-17(11-7-15)25-13-18(21)22/h4-11H,2-3,12-13H2,1H3,(H,20,23)(H,21,22). The van der Waals surface area contributed by atoms with E-state index in [9.17, 15) is 9.59 Å². The van der Waals surface area contributed by atoms with Crippen LogP contribution in [0.15, 0.2) is 48.5 Å². The molecule has 0 saturated carbocycles. The second-order valence-electron chi connectivity index (χ2n) is 5.39. The molecule has 0 spiro atoms. The van der Waals surface area contributed by atoms with Crippen LogP contribution in [0.25, 0.3) is 0 Å². The molecule has 0 bridgehead atoms. The van der Waals surface area contributed by atoms with Crippen LogP contribution >= 0.6 is 0 Å². The maximum Gasteiger partial charge on any atom is 0.341 e. The molecule has 0 saturated heterocycles. The summed E-state index contributed by atoms with van der Waals surface area (Å²) >= 11 is 0. The summed E-state index contributed by atoms with van der Waals surface area (Å²) < 4.78 is 10.6. The van der Waals surface area contributed by atoms with Crippen LogP contribution in [-0.2, 0) is 4.79 Å². The Morgan fingerprint density at radius 2 is 1.56 bits per heavy atom. The molecule has 6 heteroatoms. The first kappa shape index (κ1) is 18.3. The maximum absolute atomic E-state index is 12.2. The third kappa shape index (κ3) is 6.18. The summed E-state index contributed by atoms with van der Waals surface area (Å²) in [4.78, 5) is 22.7. The Labute approximate surface area is 146 Å². The van der Waals surface area contributed by atoms with E-state index in [1.807, 2.05) is 0 Å². The minimum atomic E-state index is -1.04. The number of ether oxygens (including phenoxy) is 2. The summed E-state index contributed by atoms with van der Waals surface area (Å²) in [5, 5.41) is 11.3. The Balaban J connectivity index is 1.89. The van der Waals surface area contributed by atoms with Gasteiger partial charge in [0.2, 0.25) is 0 Å². The Kier molecular flexibility index (Phi) is 6.83. The van der Waals surface area contributed by atoms with Crippen LogP contribution in [0.1, 0.15) is 30.1 Å². The lowest BCUT2D eigenvalue weighted by Gasteiger charge is -2.08. The second-order valence-corrected chi connectivity index (χ2v) is 5.39. The summed E-state index contributed by atoms with van der Waals surface area (Å²) in [5.74, 6) is -0.113. The monoisotopic (exact) mass is 343 g/mol. The van der Waals surface area contributed by atoms with Gasteiger partial charge < -0.3 is 19.9 Å². The van der Waals surface area contributed by atoms with Gasteiger partial charge in [-0.15, -0.1) is 0 Å². The van der Waals surface area contributed by atoms with Crippen molar-refractivity contribution >= 4 is 17.6 Å². The molecule has 1 amide bonds. The predicted octanol–water partition coefficient (Wildman–Crippen LogP) is 3.58. The summed E-state index contributed by atoms with van der Waals surface area (Å²) in [6.07, 6.45) is 2.06. The quantitative estimate of drug-likeness (QED) is 0.680. The third-order valence-electron chi connectivity index (χ3n) is 3.36.